The van der Waals surface area contributed by atoms with Gasteiger partial charge in [0, 0.05) is 20.1 Å². The zero-order valence-electron chi connectivity index (χ0n) is 22.1. The molecule has 0 saturated heterocycles. The molecule has 8 heteroatoms. The average Bonchev–Trinajstić information content (AvgIpc) is 2.89. The van der Waals surface area contributed by atoms with Crippen LogP contribution in [0.15, 0.2) is 71.6 Å². The van der Waals surface area contributed by atoms with Crippen LogP contribution in [0.2, 0.25) is 0 Å². The SMILES string of the molecule is CCCCNC(=O)[C@H](CC)N(Cc1ccc(C)cc1)C(=O)CN(C)S(=O)(=O)c1ccc2ccccc2c1. The van der Waals surface area contributed by atoms with Crippen LogP contribution in [0.1, 0.15) is 44.2 Å². The standard InChI is InChI=1S/C29H37N3O4S/c1-5-7-18-30-29(34)27(6-2)32(20-23-14-12-22(3)13-15-23)28(33)21-31(4)37(35,36)26-17-16-24-10-8-9-11-25(24)19-26/h8-17,19,27H,5-7,18,20-21H2,1-4H3,(H,30,34)/t27-/m0/s1. The highest BCUT2D eigenvalue weighted by Crippen LogP contribution is 2.22. The summed E-state index contributed by atoms with van der Waals surface area (Å²) in [4.78, 5) is 28.2. The first kappa shape index (κ1) is 28.3. The number of carbonyl (C=O) groups is 2. The average molecular weight is 524 g/mol. The largest absolute Gasteiger partial charge is 0.354 e. The van der Waals surface area contributed by atoms with Crippen molar-refractivity contribution in [1.82, 2.24) is 14.5 Å². The second-order valence-corrected chi connectivity index (χ2v) is 11.4. The topological polar surface area (TPSA) is 86.8 Å². The predicted molar refractivity (Wildman–Crippen MR) is 147 cm³/mol. The number of amides is 2. The fourth-order valence-corrected chi connectivity index (χ4v) is 5.35. The van der Waals surface area contributed by atoms with Gasteiger partial charge in [-0.1, -0.05) is 80.4 Å². The molecule has 0 aliphatic heterocycles. The monoisotopic (exact) mass is 523 g/mol. The van der Waals surface area contributed by atoms with E-state index in [9.17, 15) is 18.0 Å². The number of rotatable bonds is 12. The van der Waals surface area contributed by atoms with Crippen LogP contribution in [-0.4, -0.2) is 55.6 Å². The van der Waals surface area contributed by atoms with Crippen molar-refractivity contribution in [3.05, 3.63) is 77.9 Å². The van der Waals surface area contributed by atoms with Crippen molar-refractivity contribution in [2.75, 3.05) is 20.1 Å². The Hall–Kier alpha value is -3.23. The van der Waals surface area contributed by atoms with Gasteiger partial charge in [-0.3, -0.25) is 9.59 Å². The van der Waals surface area contributed by atoms with Crippen LogP contribution in [0.3, 0.4) is 0 Å². The lowest BCUT2D eigenvalue weighted by atomic mass is 10.1. The summed E-state index contributed by atoms with van der Waals surface area (Å²) in [6.45, 7) is 6.25. The van der Waals surface area contributed by atoms with Crippen LogP contribution in [0, 0.1) is 6.92 Å². The smallest absolute Gasteiger partial charge is 0.243 e. The number of unbranched alkanes of at least 4 members (excludes halogenated alkanes) is 1. The van der Waals surface area contributed by atoms with Gasteiger partial charge in [0.15, 0.2) is 0 Å². The Kier molecular flexibility index (Phi) is 9.83. The number of aryl methyl sites for hydroxylation is 1. The van der Waals surface area contributed by atoms with Crippen LogP contribution in [0.4, 0.5) is 0 Å². The molecule has 37 heavy (non-hydrogen) atoms. The third-order valence-corrected chi connectivity index (χ3v) is 8.28. The van der Waals surface area contributed by atoms with Gasteiger partial charge in [0.25, 0.3) is 0 Å². The summed E-state index contributed by atoms with van der Waals surface area (Å²) in [5, 5.41) is 4.67. The summed E-state index contributed by atoms with van der Waals surface area (Å²) >= 11 is 0. The second kappa shape index (κ2) is 12.8. The van der Waals surface area contributed by atoms with Gasteiger partial charge in [0.2, 0.25) is 21.8 Å². The highest BCUT2D eigenvalue weighted by Gasteiger charge is 2.31. The van der Waals surface area contributed by atoms with Crippen LogP contribution >= 0.6 is 0 Å². The lowest BCUT2D eigenvalue weighted by Crippen LogP contribution is -2.51. The van der Waals surface area contributed by atoms with Crippen molar-refractivity contribution < 1.29 is 18.0 Å². The summed E-state index contributed by atoms with van der Waals surface area (Å²) in [5.41, 5.74) is 1.96. The van der Waals surface area contributed by atoms with Gasteiger partial charge in [0.05, 0.1) is 11.4 Å². The van der Waals surface area contributed by atoms with Crippen molar-refractivity contribution in [2.45, 2.75) is 57.5 Å². The van der Waals surface area contributed by atoms with Crippen molar-refractivity contribution in [3.63, 3.8) is 0 Å². The summed E-state index contributed by atoms with van der Waals surface area (Å²) in [5.74, 6) is -0.651. The lowest BCUT2D eigenvalue weighted by molar-refractivity contribution is -0.141. The van der Waals surface area contributed by atoms with E-state index in [1.807, 2.05) is 69.3 Å². The number of hydrogen-bond acceptors (Lipinski definition) is 4. The molecule has 1 atom stereocenters. The van der Waals surface area contributed by atoms with Crippen LogP contribution in [-0.2, 0) is 26.2 Å². The Morgan fingerprint density at radius 3 is 2.27 bits per heavy atom. The molecule has 2 amide bonds. The summed E-state index contributed by atoms with van der Waals surface area (Å²) in [6, 6.07) is 19.5. The van der Waals surface area contributed by atoms with Gasteiger partial charge in [-0.25, -0.2) is 8.42 Å². The number of nitrogens with one attached hydrogen (secondary N) is 1. The van der Waals surface area contributed by atoms with E-state index in [4.69, 9.17) is 0 Å². The number of carbonyl (C=O) groups excluding carboxylic acids is 2. The first-order chi connectivity index (χ1) is 17.7. The van der Waals surface area contributed by atoms with Crippen molar-refractivity contribution in [3.8, 4) is 0 Å². The molecule has 3 aromatic rings. The molecule has 0 radical (unpaired) electrons. The highest BCUT2D eigenvalue weighted by molar-refractivity contribution is 7.89. The van der Waals surface area contributed by atoms with Crippen molar-refractivity contribution in [1.29, 1.82) is 0 Å². The van der Waals surface area contributed by atoms with E-state index in [2.05, 4.69) is 5.32 Å². The number of benzene rings is 3. The molecular weight excluding hydrogens is 486 g/mol. The Labute approximate surface area is 220 Å². The van der Waals surface area contributed by atoms with Crippen LogP contribution in [0.5, 0.6) is 0 Å². The molecule has 0 aliphatic rings. The Balaban J connectivity index is 1.85. The highest BCUT2D eigenvalue weighted by atomic mass is 32.2. The fraction of sp³-hybridized carbons (Fsp3) is 0.379. The van der Waals surface area contributed by atoms with Gasteiger partial charge < -0.3 is 10.2 Å². The first-order valence-corrected chi connectivity index (χ1v) is 14.2. The Morgan fingerprint density at radius 1 is 0.946 bits per heavy atom. The van der Waals surface area contributed by atoms with E-state index in [0.29, 0.717) is 13.0 Å². The fourth-order valence-electron chi connectivity index (χ4n) is 4.19. The molecule has 198 valence electrons. The van der Waals surface area contributed by atoms with E-state index in [0.717, 1.165) is 39.0 Å². The molecule has 0 fully saturated rings. The normalized spacial score (nSPS) is 12.5. The molecule has 3 aromatic carbocycles. The molecule has 0 aliphatic carbocycles. The van der Waals surface area contributed by atoms with Gasteiger partial charge in [0.1, 0.15) is 6.04 Å². The quantitative estimate of drug-likeness (QED) is 0.354. The maximum Gasteiger partial charge on any atom is 0.243 e. The lowest BCUT2D eigenvalue weighted by Gasteiger charge is -2.32. The minimum absolute atomic E-state index is 0.121. The van der Waals surface area contributed by atoms with Crippen molar-refractivity contribution >= 4 is 32.6 Å². The molecule has 0 bridgehead atoms. The first-order valence-electron chi connectivity index (χ1n) is 12.7. The molecule has 3 rings (SSSR count). The van der Waals surface area contributed by atoms with E-state index < -0.39 is 22.0 Å². The maximum absolute atomic E-state index is 13.6. The summed E-state index contributed by atoms with van der Waals surface area (Å²) in [6.07, 6.45) is 2.21. The number of hydrogen-bond donors (Lipinski definition) is 1. The second-order valence-electron chi connectivity index (χ2n) is 9.35. The molecule has 0 unspecified atom stereocenters. The predicted octanol–water partition coefficient (Wildman–Crippen LogP) is 4.49. The van der Waals surface area contributed by atoms with Gasteiger partial charge >= 0.3 is 0 Å². The molecular formula is C29H37N3O4S. The van der Waals surface area contributed by atoms with Crippen LogP contribution in [0.25, 0.3) is 10.8 Å². The maximum atomic E-state index is 13.6. The van der Waals surface area contributed by atoms with Gasteiger partial charge in [-0.15, -0.1) is 0 Å². The minimum atomic E-state index is -3.92. The Bertz CT molecular complexity index is 1320. The third-order valence-electron chi connectivity index (χ3n) is 6.48. The number of fused-ring (bicyclic) bond motifs is 1. The van der Waals surface area contributed by atoms with Gasteiger partial charge in [-0.05, 0) is 48.2 Å². The number of likely N-dealkylation sites (N-methyl/N-ethyl adjacent to an activating group) is 1. The molecule has 7 nitrogen and oxygen atoms in total. The Morgan fingerprint density at radius 2 is 1.62 bits per heavy atom. The molecule has 0 spiro atoms. The minimum Gasteiger partial charge on any atom is -0.354 e. The molecule has 0 saturated carbocycles. The molecule has 0 aromatic heterocycles. The number of nitrogens with zero attached hydrogens (tertiary/aromatic N) is 2. The van der Waals surface area contributed by atoms with Crippen LogP contribution < -0.4 is 5.32 Å². The van der Waals surface area contributed by atoms with E-state index in [1.54, 1.807) is 18.2 Å². The van der Waals surface area contributed by atoms with Gasteiger partial charge in [-0.2, -0.15) is 4.31 Å². The van der Waals surface area contributed by atoms with E-state index in [1.165, 1.54) is 11.9 Å². The van der Waals surface area contributed by atoms with E-state index in [-0.39, 0.29) is 23.9 Å². The zero-order valence-corrected chi connectivity index (χ0v) is 22.9. The molecule has 1 N–H and O–H groups in total. The van der Waals surface area contributed by atoms with E-state index >= 15 is 0 Å². The number of sulfonamides is 1. The molecule has 0 heterocycles. The van der Waals surface area contributed by atoms with Crippen molar-refractivity contribution in [2.24, 2.45) is 0 Å². The zero-order chi connectivity index (χ0) is 27.0. The summed E-state index contributed by atoms with van der Waals surface area (Å²) < 4.78 is 27.8. The summed E-state index contributed by atoms with van der Waals surface area (Å²) in [7, 11) is -2.52. The third kappa shape index (κ3) is 7.17.